The molecule has 0 saturated carbocycles. The maximum Gasteiger partial charge on any atom is 0.279 e. The number of nitrogens with zero attached hydrogens (tertiary/aromatic N) is 2. The molecule has 0 radical (unpaired) electrons. The van der Waals surface area contributed by atoms with Crippen LogP contribution in [-0.2, 0) is 0 Å². The molecule has 3 aromatic rings. The normalized spacial score (nSPS) is 15.7. The third-order valence-electron chi connectivity index (χ3n) is 4.80. The highest BCUT2D eigenvalue weighted by molar-refractivity contribution is 6.10. The van der Waals surface area contributed by atoms with E-state index in [4.69, 9.17) is 9.47 Å². The van der Waals surface area contributed by atoms with Crippen LogP contribution in [0.3, 0.4) is 0 Å². The quantitative estimate of drug-likeness (QED) is 0.747. The van der Waals surface area contributed by atoms with Crippen LogP contribution in [-0.4, -0.2) is 29.8 Å². The summed E-state index contributed by atoms with van der Waals surface area (Å²) in [5.74, 6) is 1.45. The molecule has 1 amide bonds. The van der Waals surface area contributed by atoms with E-state index < -0.39 is 0 Å². The maximum absolute atomic E-state index is 13.1. The Kier molecular flexibility index (Phi) is 4.32. The van der Waals surface area contributed by atoms with Gasteiger partial charge in [0.05, 0.1) is 19.8 Å². The highest BCUT2D eigenvalue weighted by Gasteiger charge is 2.42. The second-order valence-electron chi connectivity index (χ2n) is 6.39. The summed E-state index contributed by atoms with van der Waals surface area (Å²) in [5, 5.41) is 7.19. The van der Waals surface area contributed by atoms with Crippen molar-refractivity contribution in [1.82, 2.24) is 10.2 Å². The SMILES string of the molecule is CCOc1ccc(N2C(=O)c3n[nH]c(C)c3[C@@H]2c2ccc(OC)cc2)cc1. The lowest BCUT2D eigenvalue weighted by atomic mass is 9.99. The van der Waals surface area contributed by atoms with Gasteiger partial charge < -0.3 is 9.47 Å². The first kappa shape index (κ1) is 17.1. The van der Waals surface area contributed by atoms with Crippen molar-refractivity contribution in [3.8, 4) is 11.5 Å². The number of methoxy groups -OCH3 is 1. The summed E-state index contributed by atoms with van der Waals surface area (Å²) in [4.78, 5) is 14.9. The van der Waals surface area contributed by atoms with Crippen molar-refractivity contribution in [2.45, 2.75) is 19.9 Å². The molecule has 1 aliphatic rings. The molecule has 27 heavy (non-hydrogen) atoms. The zero-order valence-corrected chi connectivity index (χ0v) is 15.5. The van der Waals surface area contributed by atoms with E-state index in [1.165, 1.54) is 0 Å². The highest BCUT2D eigenvalue weighted by atomic mass is 16.5. The molecule has 1 N–H and O–H groups in total. The number of hydrogen-bond donors (Lipinski definition) is 1. The van der Waals surface area contributed by atoms with E-state index in [1.807, 2.05) is 62.4 Å². The highest BCUT2D eigenvalue weighted by Crippen LogP contribution is 2.42. The van der Waals surface area contributed by atoms with Gasteiger partial charge in [0.2, 0.25) is 0 Å². The molecule has 2 aromatic carbocycles. The van der Waals surface area contributed by atoms with E-state index in [1.54, 1.807) is 12.0 Å². The molecule has 138 valence electrons. The molecule has 6 heteroatoms. The van der Waals surface area contributed by atoms with Gasteiger partial charge in [-0.25, -0.2) is 0 Å². The summed E-state index contributed by atoms with van der Waals surface area (Å²) in [7, 11) is 1.64. The minimum Gasteiger partial charge on any atom is -0.497 e. The molecule has 0 bridgehead atoms. The molecule has 0 unspecified atom stereocenters. The number of hydrogen-bond acceptors (Lipinski definition) is 4. The number of aryl methyl sites for hydroxylation is 1. The fourth-order valence-corrected chi connectivity index (χ4v) is 3.53. The first-order valence-corrected chi connectivity index (χ1v) is 8.89. The summed E-state index contributed by atoms with van der Waals surface area (Å²) < 4.78 is 10.8. The zero-order chi connectivity index (χ0) is 19.0. The molecule has 0 spiro atoms. The van der Waals surface area contributed by atoms with Gasteiger partial charge in [-0.1, -0.05) is 12.1 Å². The smallest absolute Gasteiger partial charge is 0.279 e. The number of nitrogens with one attached hydrogen (secondary N) is 1. The Hall–Kier alpha value is -3.28. The molecular formula is C21H21N3O3. The van der Waals surface area contributed by atoms with Crippen molar-refractivity contribution in [2.24, 2.45) is 0 Å². The molecule has 0 aliphatic carbocycles. The Labute approximate surface area is 157 Å². The Balaban J connectivity index is 1.79. The minimum atomic E-state index is -0.241. The van der Waals surface area contributed by atoms with Crippen molar-refractivity contribution in [3.63, 3.8) is 0 Å². The van der Waals surface area contributed by atoms with E-state index >= 15 is 0 Å². The monoisotopic (exact) mass is 363 g/mol. The number of aromatic amines is 1. The summed E-state index contributed by atoms with van der Waals surface area (Å²) in [6, 6.07) is 15.1. The molecule has 1 atom stereocenters. The van der Waals surface area contributed by atoms with Crippen LogP contribution in [0.15, 0.2) is 48.5 Å². The molecule has 4 rings (SSSR count). The van der Waals surface area contributed by atoms with Gasteiger partial charge >= 0.3 is 0 Å². The molecule has 2 heterocycles. The van der Waals surface area contributed by atoms with Crippen LogP contribution < -0.4 is 14.4 Å². The van der Waals surface area contributed by atoms with Gasteiger partial charge in [0.1, 0.15) is 11.5 Å². The van der Waals surface area contributed by atoms with Crippen LogP contribution in [0.5, 0.6) is 11.5 Å². The van der Waals surface area contributed by atoms with Crippen LogP contribution in [0.2, 0.25) is 0 Å². The van der Waals surface area contributed by atoms with Crippen LogP contribution in [0, 0.1) is 6.92 Å². The predicted molar refractivity (Wildman–Crippen MR) is 103 cm³/mol. The van der Waals surface area contributed by atoms with Gasteiger partial charge in [-0.15, -0.1) is 0 Å². The Morgan fingerprint density at radius 3 is 2.37 bits per heavy atom. The van der Waals surface area contributed by atoms with Crippen molar-refractivity contribution in [1.29, 1.82) is 0 Å². The molecule has 1 aliphatic heterocycles. The van der Waals surface area contributed by atoms with Gasteiger partial charge in [-0.05, 0) is 55.8 Å². The average molecular weight is 363 g/mol. The van der Waals surface area contributed by atoms with Crippen LogP contribution >= 0.6 is 0 Å². The van der Waals surface area contributed by atoms with E-state index in [0.717, 1.165) is 34.0 Å². The number of aromatic nitrogens is 2. The number of fused-ring (bicyclic) bond motifs is 1. The van der Waals surface area contributed by atoms with E-state index in [9.17, 15) is 4.79 Å². The molecule has 1 aromatic heterocycles. The summed E-state index contributed by atoms with van der Waals surface area (Å²) in [6.07, 6.45) is 0. The second-order valence-corrected chi connectivity index (χ2v) is 6.39. The predicted octanol–water partition coefficient (Wildman–Crippen LogP) is 3.88. The topological polar surface area (TPSA) is 67.5 Å². The summed E-state index contributed by atoms with van der Waals surface area (Å²) >= 11 is 0. The summed E-state index contributed by atoms with van der Waals surface area (Å²) in [5.41, 5.74) is 4.09. The van der Waals surface area contributed by atoms with Crippen LogP contribution in [0.4, 0.5) is 5.69 Å². The molecule has 0 saturated heterocycles. The van der Waals surface area contributed by atoms with Crippen LogP contribution in [0.25, 0.3) is 0 Å². The lowest BCUT2D eigenvalue weighted by Gasteiger charge is -2.26. The van der Waals surface area contributed by atoms with Crippen molar-refractivity contribution in [3.05, 3.63) is 71.0 Å². The lowest BCUT2D eigenvalue weighted by Crippen LogP contribution is -2.29. The first-order valence-electron chi connectivity index (χ1n) is 8.89. The third-order valence-corrected chi connectivity index (χ3v) is 4.80. The number of amides is 1. The minimum absolute atomic E-state index is 0.112. The van der Waals surface area contributed by atoms with Crippen molar-refractivity contribution in [2.75, 3.05) is 18.6 Å². The fraction of sp³-hybridized carbons (Fsp3) is 0.238. The number of rotatable bonds is 5. The van der Waals surface area contributed by atoms with Gasteiger partial charge in [-0.2, -0.15) is 5.10 Å². The van der Waals surface area contributed by atoms with Gasteiger partial charge in [-0.3, -0.25) is 14.8 Å². The number of carbonyl (C=O) groups excluding carboxylic acids is 1. The second kappa shape index (κ2) is 6.79. The van der Waals surface area contributed by atoms with Gasteiger partial charge in [0, 0.05) is 16.9 Å². The van der Waals surface area contributed by atoms with Gasteiger partial charge in [0.25, 0.3) is 5.91 Å². The summed E-state index contributed by atoms with van der Waals surface area (Å²) in [6.45, 7) is 4.49. The third kappa shape index (κ3) is 2.83. The number of carbonyl (C=O) groups is 1. The van der Waals surface area contributed by atoms with E-state index in [2.05, 4.69) is 10.2 Å². The molecular weight excluding hydrogens is 342 g/mol. The average Bonchev–Trinajstić information content (AvgIpc) is 3.21. The number of ether oxygens (including phenoxy) is 2. The largest absolute Gasteiger partial charge is 0.497 e. The van der Waals surface area contributed by atoms with E-state index in [-0.39, 0.29) is 11.9 Å². The van der Waals surface area contributed by atoms with Crippen molar-refractivity contribution < 1.29 is 14.3 Å². The Morgan fingerprint density at radius 2 is 1.74 bits per heavy atom. The molecule has 6 nitrogen and oxygen atoms in total. The number of H-pyrrole nitrogens is 1. The molecule has 0 fully saturated rings. The standard InChI is InChI=1S/C21H21N3O3/c1-4-27-17-11-7-15(8-12-17)24-20(14-5-9-16(26-3)10-6-14)18-13(2)22-23-19(18)21(24)25/h5-12,20H,4H2,1-3H3,(H,22,23)/t20-/m0/s1. The number of benzene rings is 2. The van der Waals surface area contributed by atoms with Crippen LogP contribution in [0.1, 0.15) is 40.3 Å². The Bertz CT molecular complexity index is 961. The van der Waals surface area contributed by atoms with E-state index in [0.29, 0.717) is 12.3 Å². The fourth-order valence-electron chi connectivity index (χ4n) is 3.53. The Morgan fingerprint density at radius 1 is 1.07 bits per heavy atom. The lowest BCUT2D eigenvalue weighted by molar-refractivity contribution is 0.0988. The van der Waals surface area contributed by atoms with Gasteiger partial charge in [0.15, 0.2) is 5.69 Å². The van der Waals surface area contributed by atoms with Crippen molar-refractivity contribution >= 4 is 11.6 Å². The zero-order valence-electron chi connectivity index (χ0n) is 15.5. The number of anilines is 1. The maximum atomic E-state index is 13.1. The first-order chi connectivity index (χ1) is 13.1.